The van der Waals surface area contributed by atoms with E-state index in [0.29, 0.717) is 11.7 Å². The molecule has 0 saturated carbocycles. The summed E-state index contributed by atoms with van der Waals surface area (Å²) in [6, 6.07) is 3.69. The first-order valence-corrected chi connectivity index (χ1v) is 4.97. The zero-order chi connectivity index (χ0) is 10.8. The monoisotopic (exact) mass is 206 g/mol. The van der Waals surface area contributed by atoms with E-state index in [2.05, 4.69) is 21.6 Å². The Balaban J connectivity index is 2.37. The fourth-order valence-electron chi connectivity index (χ4n) is 1.42. The van der Waals surface area contributed by atoms with Crippen molar-refractivity contribution >= 4 is 0 Å². The molecule has 0 spiro atoms. The lowest BCUT2D eigenvalue weighted by Crippen LogP contribution is -2.05. The highest BCUT2D eigenvalue weighted by Gasteiger charge is 2.13. The van der Waals surface area contributed by atoms with Crippen molar-refractivity contribution in [2.75, 3.05) is 0 Å². The smallest absolute Gasteiger partial charge is 0.243 e. The summed E-state index contributed by atoms with van der Waals surface area (Å²) in [6.07, 6.45) is 1.98. The lowest BCUT2D eigenvalue weighted by molar-refractivity contribution is 0.361. The largest absolute Gasteiger partial charge is 0.345 e. The van der Waals surface area contributed by atoms with Gasteiger partial charge in [0.2, 0.25) is 11.7 Å². The molecule has 0 fully saturated rings. The molecule has 2 aromatic heterocycles. The van der Waals surface area contributed by atoms with E-state index < -0.39 is 0 Å². The van der Waals surface area contributed by atoms with E-state index in [9.17, 15) is 0 Å². The van der Waals surface area contributed by atoms with Gasteiger partial charge < -0.3 is 14.8 Å². The molecule has 0 aliphatic carbocycles. The highest BCUT2D eigenvalue weighted by atomic mass is 16.5. The van der Waals surface area contributed by atoms with Crippen molar-refractivity contribution in [2.24, 2.45) is 5.73 Å². The maximum atomic E-state index is 5.65. The number of aryl methyl sites for hydroxylation is 1. The van der Waals surface area contributed by atoms with Crippen LogP contribution in [0.4, 0.5) is 0 Å². The Labute approximate surface area is 87.9 Å². The van der Waals surface area contributed by atoms with Gasteiger partial charge in [-0.2, -0.15) is 4.98 Å². The number of nitrogens with zero attached hydrogens (tertiary/aromatic N) is 3. The highest BCUT2D eigenvalue weighted by molar-refractivity contribution is 5.49. The van der Waals surface area contributed by atoms with Crippen molar-refractivity contribution in [3.63, 3.8) is 0 Å². The Morgan fingerprint density at radius 1 is 1.60 bits per heavy atom. The standard InChI is InChI=1S/C10H14N4O/c1-3-14-6-4-5-8(14)9-12-10(7(2)11)15-13-9/h4-7H,3,11H2,1-2H3/t7-/m0/s1. The van der Waals surface area contributed by atoms with Crippen LogP contribution >= 0.6 is 0 Å². The number of rotatable bonds is 3. The van der Waals surface area contributed by atoms with Gasteiger partial charge in [-0.25, -0.2) is 0 Å². The van der Waals surface area contributed by atoms with Gasteiger partial charge in [-0.3, -0.25) is 0 Å². The first-order valence-electron chi connectivity index (χ1n) is 4.97. The minimum atomic E-state index is -0.226. The van der Waals surface area contributed by atoms with E-state index in [4.69, 9.17) is 10.3 Å². The van der Waals surface area contributed by atoms with Crippen LogP contribution in [-0.4, -0.2) is 14.7 Å². The van der Waals surface area contributed by atoms with Gasteiger partial charge in [0.05, 0.1) is 11.7 Å². The Morgan fingerprint density at radius 2 is 2.40 bits per heavy atom. The molecule has 2 rings (SSSR count). The van der Waals surface area contributed by atoms with Crippen molar-refractivity contribution < 1.29 is 4.52 Å². The average Bonchev–Trinajstić information content (AvgIpc) is 2.85. The van der Waals surface area contributed by atoms with Crippen LogP contribution in [0.15, 0.2) is 22.9 Å². The second-order valence-electron chi connectivity index (χ2n) is 3.42. The zero-order valence-electron chi connectivity index (χ0n) is 8.84. The Morgan fingerprint density at radius 3 is 3.00 bits per heavy atom. The third kappa shape index (κ3) is 1.78. The molecular formula is C10H14N4O. The van der Waals surface area contributed by atoms with Crippen molar-refractivity contribution in [1.82, 2.24) is 14.7 Å². The summed E-state index contributed by atoms with van der Waals surface area (Å²) >= 11 is 0. The Kier molecular flexibility index (Phi) is 2.55. The van der Waals surface area contributed by atoms with Gasteiger partial charge >= 0.3 is 0 Å². The highest BCUT2D eigenvalue weighted by Crippen LogP contribution is 2.18. The van der Waals surface area contributed by atoms with Gasteiger partial charge in [-0.05, 0) is 26.0 Å². The molecule has 2 heterocycles. The number of aromatic nitrogens is 3. The van der Waals surface area contributed by atoms with Gasteiger partial charge in [-0.15, -0.1) is 0 Å². The van der Waals surface area contributed by atoms with Crippen molar-refractivity contribution in [1.29, 1.82) is 0 Å². The van der Waals surface area contributed by atoms with E-state index in [1.165, 1.54) is 0 Å². The molecule has 0 unspecified atom stereocenters. The van der Waals surface area contributed by atoms with Crippen molar-refractivity contribution in [2.45, 2.75) is 26.4 Å². The van der Waals surface area contributed by atoms with E-state index in [1.54, 1.807) is 0 Å². The number of hydrogen-bond acceptors (Lipinski definition) is 4. The van der Waals surface area contributed by atoms with Crippen LogP contribution in [-0.2, 0) is 6.54 Å². The van der Waals surface area contributed by atoms with Crippen LogP contribution in [0.3, 0.4) is 0 Å². The molecule has 0 aromatic carbocycles. The molecule has 0 bridgehead atoms. The molecule has 80 valence electrons. The number of nitrogens with two attached hydrogens (primary N) is 1. The van der Waals surface area contributed by atoms with Gasteiger partial charge in [-0.1, -0.05) is 5.16 Å². The Hall–Kier alpha value is -1.62. The summed E-state index contributed by atoms with van der Waals surface area (Å²) in [4.78, 5) is 4.24. The van der Waals surface area contributed by atoms with Crippen LogP contribution < -0.4 is 5.73 Å². The van der Waals surface area contributed by atoms with Crippen LogP contribution in [0.2, 0.25) is 0 Å². The fourth-order valence-corrected chi connectivity index (χ4v) is 1.42. The first-order chi connectivity index (χ1) is 7.22. The second-order valence-corrected chi connectivity index (χ2v) is 3.42. The first kappa shape index (κ1) is 9.92. The van der Waals surface area contributed by atoms with Gasteiger partial charge in [0.25, 0.3) is 0 Å². The Bertz CT molecular complexity index is 444. The molecule has 2 N–H and O–H groups in total. The summed E-state index contributed by atoms with van der Waals surface area (Å²) in [5.74, 6) is 1.06. The van der Waals surface area contributed by atoms with Crippen LogP contribution in [0, 0.1) is 0 Å². The summed E-state index contributed by atoms with van der Waals surface area (Å²) < 4.78 is 7.10. The summed E-state index contributed by atoms with van der Waals surface area (Å²) in [5.41, 5.74) is 6.60. The predicted molar refractivity (Wildman–Crippen MR) is 56.0 cm³/mol. The maximum Gasteiger partial charge on any atom is 0.243 e. The van der Waals surface area contributed by atoms with Crippen LogP contribution in [0.1, 0.15) is 25.8 Å². The third-order valence-corrected chi connectivity index (χ3v) is 2.23. The summed E-state index contributed by atoms with van der Waals surface area (Å²) in [6.45, 7) is 4.76. The quantitative estimate of drug-likeness (QED) is 0.827. The molecule has 15 heavy (non-hydrogen) atoms. The topological polar surface area (TPSA) is 69.9 Å². The van der Waals surface area contributed by atoms with E-state index >= 15 is 0 Å². The molecule has 0 aliphatic rings. The molecule has 0 saturated heterocycles. The normalized spacial score (nSPS) is 13.0. The minimum Gasteiger partial charge on any atom is -0.345 e. The minimum absolute atomic E-state index is 0.226. The van der Waals surface area contributed by atoms with E-state index in [1.807, 2.05) is 25.3 Å². The van der Waals surface area contributed by atoms with E-state index in [0.717, 1.165) is 12.2 Å². The summed E-state index contributed by atoms with van der Waals surface area (Å²) in [5, 5.41) is 3.90. The molecule has 0 amide bonds. The van der Waals surface area contributed by atoms with Gasteiger partial charge in [0, 0.05) is 12.7 Å². The third-order valence-electron chi connectivity index (χ3n) is 2.23. The van der Waals surface area contributed by atoms with Crippen molar-refractivity contribution in [3.8, 4) is 11.5 Å². The molecule has 5 heteroatoms. The SMILES string of the molecule is CCn1cccc1-c1noc([C@H](C)N)n1. The van der Waals surface area contributed by atoms with Gasteiger partial charge in [0.15, 0.2) is 0 Å². The van der Waals surface area contributed by atoms with E-state index in [-0.39, 0.29) is 6.04 Å². The zero-order valence-corrected chi connectivity index (χ0v) is 8.84. The molecular weight excluding hydrogens is 192 g/mol. The van der Waals surface area contributed by atoms with Crippen molar-refractivity contribution in [3.05, 3.63) is 24.2 Å². The fraction of sp³-hybridized carbons (Fsp3) is 0.400. The van der Waals surface area contributed by atoms with Crippen LogP contribution in [0.25, 0.3) is 11.5 Å². The molecule has 2 aromatic rings. The molecule has 5 nitrogen and oxygen atoms in total. The molecule has 0 radical (unpaired) electrons. The van der Waals surface area contributed by atoms with Crippen LogP contribution in [0.5, 0.6) is 0 Å². The summed E-state index contributed by atoms with van der Waals surface area (Å²) in [7, 11) is 0. The average molecular weight is 206 g/mol. The maximum absolute atomic E-state index is 5.65. The lowest BCUT2D eigenvalue weighted by atomic mass is 10.3. The second kappa shape index (κ2) is 3.86. The number of hydrogen-bond donors (Lipinski definition) is 1. The molecule has 1 atom stereocenters. The predicted octanol–water partition coefficient (Wildman–Crippen LogP) is 1.58. The lowest BCUT2D eigenvalue weighted by Gasteiger charge is -2.00. The molecule has 0 aliphatic heterocycles. The van der Waals surface area contributed by atoms with Gasteiger partial charge in [0.1, 0.15) is 0 Å².